The molecule has 7 nitrogen and oxygen atoms in total. The lowest BCUT2D eigenvalue weighted by Gasteiger charge is -2.10. The van der Waals surface area contributed by atoms with Crippen molar-refractivity contribution in [3.63, 3.8) is 0 Å². The lowest BCUT2D eigenvalue weighted by Crippen LogP contribution is -2.23. The van der Waals surface area contributed by atoms with Crippen molar-refractivity contribution in [3.05, 3.63) is 76.3 Å². The van der Waals surface area contributed by atoms with Crippen LogP contribution in [0, 0.1) is 13.8 Å². The first-order chi connectivity index (χ1) is 14.0. The number of aryl methyl sites for hydroxylation is 2. The molecule has 4 rings (SSSR count). The highest BCUT2D eigenvalue weighted by Crippen LogP contribution is 2.24. The molecular formula is C22H20N4O3. The second-order valence-electron chi connectivity index (χ2n) is 6.87. The largest absolute Gasteiger partial charge is 0.335 e. The summed E-state index contributed by atoms with van der Waals surface area (Å²) in [6, 6.07) is 15.1. The predicted octanol–water partition coefficient (Wildman–Crippen LogP) is 3.70. The number of benzene rings is 2. The maximum Gasteiger partial charge on any atom is 0.266 e. The van der Waals surface area contributed by atoms with Gasteiger partial charge in [0.15, 0.2) is 0 Å². The minimum atomic E-state index is -0.283. The monoisotopic (exact) mass is 388 g/mol. The maximum atomic E-state index is 12.9. The fourth-order valence-corrected chi connectivity index (χ4v) is 3.15. The summed E-state index contributed by atoms with van der Waals surface area (Å²) in [5, 5.41) is 7.22. The third kappa shape index (κ3) is 3.67. The van der Waals surface area contributed by atoms with E-state index in [1.54, 1.807) is 0 Å². The Kier molecular flexibility index (Phi) is 4.95. The van der Waals surface area contributed by atoms with Gasteiger partial charge in [-0.1, -0.05) is 47.6 Å². The van der Waals surface area contributed by atoms with Gasteiger partial charge in [-0.25, -0.2) is 4.98 Å². The molecule has 0 bridgehead atoms. The predicted molar refractivity (Wildman–Crippen MR) is 111 cm³/mol. The molecule has 2 aromatic heterocycles. The van der Waals surface area contributed by atoms with E-state index in [1.807, 2.05) is 62.4 Å². The molecule has 0 unspecified atom stereocenters. The maximum absolute atomic E-state index is 12.9. The summed E-state index contributed by atoms with van der Waals surface area (Å²) < 4.78 is 6.63. The quantitative estimate of drug-likeness (QED) is 0.563. The van der Waals surface area contributed by atoms with Crippen LogP contribution in [0.5, 0.6) is 0 Å². The van der Waals surface area contributed by atoms with Crippen molar-refractivity contribution >= 4 is 22.7 Å². The summed E-state index contributed by atoms with van der Waals surface area (Å²) >= 11 is 0. The SMILES string of the molecule is Cc1cccc(NC(=O)CCn2cnc3onc(-c4ccccc4)c3c2=O)c1C. The first kappa shape index (κ1) is 18.6. The van der Waals surface area contributed by atoms with E-state index >= 15 is 0 Å². The highest BCUT2D eigenvalue weighted by atomic mass is 16.5. The van der Waals surface area contributed by atoms with Gasteiger partial charge in [0, 0.05) is 24.2 Å². The molecule has 0 fully saturated rings. The molecule has 0 saturated heterocycles. The summed E-state index contributed by atoms with van der Waals surface area (Å²) in [4.78, 5) is 29.5. The minimum absolute atomic E-state index is 0.145. The van der Waals surface area contributed by atoms with E-state index in [-0.39, 0.29) is 30.1 Å². The van der Waals surface area contributed by atoms with Gasteiger partial charge in [0.2, 0.25) is 5.91 Å². The number of hydrogen-bond donors (Lipinski definition) is 1. The molecule has 0 aliphatic carbocycles. The zero-order chi connectivity index (χ0) is 20.4. The molecule has 146 valence electrons. The topological polar surface area (TPSA) is 90.0 Å². The van der Waals surface area contributed by atoms with Crippen LogP contribution in [0.1, 0.15) is 17.5 Å². The van der Waals surface area contributed by atoms with E-state index in [0.29, 0.717) is 11.1 Å². The summed E-state index contributed by atoms with van der Waals surface area (Å²) in [5.74, 6) is -0.167. The van der Waals surface area contributed by atoms with Crippen molar-refractivity contribution in [2.24, 2.45) is 0 Å². The Hall–Kier alpha value is -3.74. The molecule has 29 heavy (non-hydrogen) atoms. The molecule has 1 N–H and O–H groups in total. The lowest BCUT2D eigenvalue weighted by molar-refractivity contribution is -0.116. The average molecular weight is 388 g/mol. The minimum Gasteiger partial charge on any atom is -0.335 e. The second kappa shape index (κ2) is 7.71. The fourth-order valence-electron chi connectivity index (χ4n) is 3.15. The van der Waals surface area contributed by atoms with Crippen LogP contribution in [0.4, 0.5) is 5.69 Å². The summed E-state index contributed by atoms with van der Waals surface area (Å²) in [5.41, 5.74) is 4.04. The highest BCUT2D eigenvalue weighted by molar-refractivity contribution is 5.91. The van der Waals surface area contributed by atoms with E-state index in [4.69, 9.17) is 4.52 Å². The van der Waals surface area contributed by atoms with Gasteiger partial charge in [-0.15, -0.1) is 0 Å². The number of rotatable bonds is 5. The molecule has 1 amide bonds. The van der Waals surface area contributed by atoms with E-state index in [2.05, 4.69) is 15.5 Å². The number of amides is 1. The summed E-state index contributed by atoms with van der Waals surface area (Å²) in [7, 11) is 0. The Balaban J connectivity index is 1.56. The Labute approximate surface area is 167 Å². The molecular weight excluding hydrogens is 368 g/mol. The zero-order valence-electron chi connectivity index (χ0n) is 16.2. The van der Waals surface area contributed by atoms with Gasteiger partial charge in [0.25, 0.3) is 11.3 Å². The number of carbonyl (C=O) groups is 1. The van der Waals surface area contributed by atoms with Crippen LogP contribution in [-0.2, 0) is 11.3 Å². The molecule has 2 heterocycles. The van der Waals surface area contributed by atoms with Crippen LogP contribution in [-0.4, -0.2) is 20.6 Å². The van der Waals surface area contributed by atoms with Gasteiger partial charge in [0.05, 0.1) is 0 Å². The smallest absolute Gasteiger partial charge is 0.266 e. The van der Waals surface area contributed by atoms with E-state index < -0.39 is 0 Å². The molecule has 4 aromatic rings. The highest BCUT2D eigenvalue weighted by Gasteiger charge is 2.17. The first-order valence-electron chi connectivity index (χ1n) is 9.31. The molecule has 7 heteroatoms. The molecule has 0 aliphatic heterocycles. The van der Waals surface area contributed by atoms with Crippen LogP contribution in [0.2, 0.25) is 0 Å². The first-order valence-corrected chi connectivity index (χ1v) is 9.31. The van der Waals surface area contributed by atoms with E-state index in [9.17, 15) is 9.59 Å². The van der Waals surface area contributed by atoms with Crippen LogP contribution < -0.4 is 10.9 Å². The van der Waals surface area contributed by atoms with Gasteiger partial charge in [-0.05, 0) is 31.0 Å². The van der Waals surface area contributed by atoms with Crippen molar-refractivity contribution in [2.75, 3.05) is 5.32 Å². The summed E-state index contributed by atoms with van der Waals surface area (Å²) in [6.45, 7) is 4.16. The molecule has 0 saturated carbocycles. The van der Waals surface area contributed by atoms with Crippen LogP contribution in [0.25, 0.3) is 22.4 Å². The number of aromatic nitrogens is 3. The number of hydrogen-bond acceptors (Lipinski definition) is 5. The lowest BCUT2D eigenvalue weighted by atomic mass is 10.1. The van der Waals surface area contributed by atoms with Crippen LogP contribution in [0.15, 0.2) is 64.2 Å². The molecule has 0 radical (unpaired) electrons. The standard InChI is InChI=1S/C22H20N4O3/c1-14-7-6-10-17(15(14)2)24-18(27)11-12-26-13-23-21-19(22(26)28)20(25-29-21)16-8-4-3-5-9-16/h3-10,13H,11-12H2,1-2H3,(H,24,27). The average Bonchev–Trinajstić information content (AvgIpc) is 3.17. The Morgan fingerprint density at radius 2 is 1.90 bits per heavy atom. The number of anilines is 1. The van der Waals surface area contributed by atoms with Gasteiger partial charge in [0.1, 0.15) is 17.4 Å². The third-order valence-electron chi connectivity index (χ3n) is 4.97. The number of fused-ring (bicyclic) bond motifs is 1. The van der Waals surface area contributed by atoms with E-state index in [1.165, 1.54) is 10.9 Å². The van der Waals surface area contributed by atoms with Crippen LogP contribution in [0.3, 0.4) is 0 Å². The Morgan fingerprint density at radius 3 is 2.69 bits per heavy atom. The Bertz CT molecular complexity index is 1240. The number of nitrogens with zero attached hydrogens (tertiary/aromatic N) is 3. The molecule has 2 aromatic carbocycles. The number of carbonyl (C=O) groups excluding carboxylic acids is 1. The van der Waals surface area contributed by atoms with Crippen molar-refractivity contribution in [2.45, 2.75) is 26.8 Å². The molecule has 0 aliphatic rings. The van der Waals surface area contributed by atoms with Gasteiger partial charge < -0.3 is 9.84 Å². The normalized spacial score (nSPS) is 11.0. The van der Waals surface area contributed by atoms with Crippen LogP contribution >= 0.6 is 0 Å². The van der Waals surface area contributed by atoms with Crippen molar-refractivity contribution in [1.29, 1.82) is 0 Å². The van der Waals surface area contributed by atoms with E-state index in [0.717, 1.165) is 22.4 Å². The van der Waals surface area contributed by atoms with Gasteiger partial charge >= 0.3 is 0 Å². The van der Waals surface area contributed by atoms with Crippen molar-refractivity contribution in [3.8, 4) is 11.3 Å². The fraction of sp³-hybridized carbons (Fsp3) is 0.182. The van der Waals surface area contributed by atoms with Crippen molar-refractivity contribution < 1.29 is 9.32 Å². The second-order valence-corrected chi connectivity index (χ2v) is 6.87. The summed E-state index contributed by atoms with van der Waals surface area (Å²) in [6.07, 6.45) is 1.53. The zero-order valence-corrected chi connectivity index (χ0v) is 16.2. The molecule has 0 spiro atoms. The van der Waals surface area contributed by atoms with Gasteiger partial charge in [-0.2, -0.15) is 0 Å². The van der Waals surface area contributed by atoms with Gasteiger partial charge in [-0.3, -0.25) is 14.2 Å². The molecule has 0 atom stereocenters. The third-order valence-corrected chi connectivity index (χ3v) is 4.97. The number of nitrogens with one attached hydrogen (secondary N) is 1. The van der Waals surface area contributed by atoms with Crippen molar-refractivity contribution in [1.82, 2.24) is 14.7 Å². The Morgan fingerprint density at radius 1 is 1.10 bits per heavy atom.